The molecule has 4 rings (SSSR count). The van der Waals surface area contributed by atoms with Crippen LogP contribution in [0.5, 0.6) is 0 Å². The van der Waals surface area contributed by atoms with Gasteiger partial charge in [0.25, 0.3) is 6.01 Å². The highest BCUT2D eigenvalue weighted by Crippen LogP contribution is 2.33. The summed E-state index contributed by atoms with van der Waals surface area (Å²) in [4.78, 5) is 18.7. The van der Waals surface area contributed by atoms with E-state index >= 15 is 0 Å². The van der Waals surface area contributed by atoms with Gasteiger partial charge in [0, 0.05) is 12.2 Å². The molecule has 1 atom stereocenters. The van der Waals surface area contributed by atoms with Gasteiger partial charge in [-0.1, -0.05) is 12.1 Å². The topological polar surface area (TPSA) is 58.4 Å². The molecule has 0 spiro atoms. The summed E-state index contributed by atoms with van der Waals surface area (Å²) in [6.45, 7) is 0.530. The lowest BCUT2D eigenvalue weighted by atomic mass is 10.1. The zero-order valence-corrected chi connectivity index (χ0v) is 14.5. The summed E-state index contributed by atoms with van der Waals surface area (Å²) in [5.74, 6) is -1.89. The molecule has 0 radical (unpaired) electrons. The van der Waals surface area contributed by atoms with Crippen molar-refractivity contribution in [3.05, 3.63) is 53.8 Å². The fourth-order valence-electron chi connectivity index (χ4n) is 3.30. The summed E-state index contributed by atoms with van der Waals surface area (Å²) in [6.07, 6.45) is -3.64. The van der Waals surface area contributed by atoms with Crippen molar-refractivity contribution in [2.45, 2.75) is 25.1 Å². The highest BCUT2D eigenvalue weighted by molar-refractivity contribution is 5.97. The number of rotatable bonds is 3. The van der Waals surface area contributed by atoms with Crippen LogP contribution in [0.3, 0.4) is 0 Å². The highest BCUT2D eigenvalue weighted by atomic mass is 19.4. The molecule has 0 unspecified atom stereocenters. The molecular formula is C19H15F4N3O2. The largest absolute Gasteiger partial charge is 0.423 e. The van der Waals surface area contributed by atoms with Gasteiger partial charge in [-0.15, -0.1) is 0 Å². The summed E-state index contributed by atoms with van der Waals surface area (Å²) in [7, 11) is 0. The molecule has 1 saturated heterocycles. The number of amides is 1. The van der Waals surface area contributed by atoms with E-state index in [-0.39, 0.29) is 11.7 Å². The molecule has 1 aliphatic rings. The number of nitrogens with zero attached hydrogens (tertiary/aromatic N) is 2. The number of fused-ring (bicyclic) bond motifs is 1. The number of aromatic nitrogens is 1. The third kappa shape index (κ3) is 3.39. The van der Waals surface area contributed by atoms with Gasteiger partial charge in [0.2, 0.25) is 5.91 Å². The molecule has 1 aromatic heterocycles. The van der Waals surface area contributed by atoms with E-state index in [0.717, 1.165) is 6.07 Å². The Morgan fingerprint density at radius 2 is 2.00 bits per heavy atom. The van der Waals surface area contributed by atoms with Crippen LogP contribution in [0.25, 0.3) is 11.1 Å². The molecule has 1 N–H and O–H groups in total. The molecule has 5 nitrogen and oxygen atoms in total. The number of benzene rings is 2. The van der Waals surface area contributed by atoms with Crippen molar-refractivity contribution >= 4 is 28.7 Å². The van der Waals surface area contributed by atoms with Gasteiger partial charge < -0.3 is 14.6 Å². The van der Waals surface area contributed by atoms with E-state index in [2.05, 4.69) is 10.3 Å². The first kappa shape index (κ1) is 18.3. The quantitative estimate of drug-likeness (QED) is 0.661. The van der Waals surface area contributed by atoms with Crippen LogP contribution in [-0.4, -0.2) is 23.5 Å². The van der Waals surface area contributed by atoms with Crippen molar-refractivity contribution in [2.75, 3.05) is 16.8 Å². The molecule has 1 fully saturated rings. The van der Waals surface area contributed by atoms with Crippen LogP contribution in [0.15, 0.2) is 46.9 Å². The second-order valence-electron chi connectivity index (χ2n) is 6.50. The van der Waals surface area contributed by atoms with Crippen LogP contribution in [0.1, 0.15) is 18.4 Å². The lowest BCUT2D eigenvalue weighted by Crippen LogP contribution is -2.40. The minimum absolute atomic E-state index is 0.122. The predicted molar refractivity (Wildman–Crippen MR) is 94.4 cm³/mol. The number of halogens is 4. The van der Waals surface area contributed by atoms with E-state index in [4.69, 9.17) is 4.42 Å². The van der Waals surface area contributed by atoms with Crippen molar-refractivity contribution in [1.82, 2.24) is 4.98 Å². The van der Waals surface area contributed by atoms with Gasteiger partial charge in [-0.05, 0) is 43.2 Å². The van der Waals surface area contributed by atoms with E-state index in [1.54, 1.807) is 23.1 Å². The first-order chi connectivity index (χ1) is 13.3. The Bertz CT molecular complexity index is 998. The van der Waals surface area contributed by atoms with Gasteiger partial charge in [-0.25, -0.2) is 4.39 Å². The fraction of sp³-hybridized carbons (Fsp3) is 0.263. The Kier molecular flexibility index (Phi) is 4.44. The van der Waals surface area contributed by atoms with E-state index < -0.39 is 29.5 Å². The van der Waals surface area contributed by atoms with Crippen LogP contribution in [0.2, 0.25) is 0 Å². The van der Waals surface area contributed by atoms with Crippen LogP contribution in [0, 0.1) is 5.82 Å². The lowest BCUT2D eigenvalue weighted by molar-refractivity contribution is -0.140. The average molecular weight is 393 g/mol. The molecule has 9 heteroatoms. The van der Waals surface area contributed by atoms with Crippen LogP contribution >= 0.6 is 0 Å². The van der Waals surface area contributed by atoms with E-state index in [9.17, 15) is 22.4 Å². The summed E-state index contributed by atoms with van der Waals surface area (Å²) in [5, 5.41) is 2.44. The molecule has 146 valence electrons. The number of alkyl halides is 3. The van der Waals surface area contributed by atoms with E-state index in [1.807, 2.05) is 6.07 Å². The zero-order chi connectivity index (χ0) is 19.9. The average Bonchev–Trinajstić information content (AvgIpc) is 3.28. The molecule has 3 aromatic rings. The molecule has 2 heterocycles. The molecular weight excluding hydrogens is 378 g/mol. The Morgan fingerprint density at radius 1 is 1.21 bits per heavy atom. The molecule has 0 bridgehead atoms. The van der Waals surface area contributed by atoms with Crippen LogP contribution < -0.4 is 10.2 Å². The van der Waals surface area contributed by atoms with Crippen molar-refractivity contribution in [2.24, 2.45) is 0 Å². The highest BCUT2D eigenvalue weighted by Gasteiger charge is 2.36. The number of para-hydroxylation sites is 2. The minimum Gasteiger partial charge on any atom is -0.423 e. The van der Waals surface area contributed by atoms with Crippen molar-refractivity contribution in [3.63, 3.8) is 0 Å². The molecule has 1 aliphatic heterocycles. The number of carbonyl (C=O) groups is 1. The lowest BCUT2D eigenvalue weighted by Gasteiger charge is -2.22. The number of nitrogens with one attached hydrogen (secondary N) is 1. The molecule has 2 aromatic carbocycles. The van der Waals surface area contributed by atoms with Crippen LogP contribution in [0.4, 0.5) is 29.3 Å². The van der Waals surface area contributed by atoms with Crippen molar-refractivity contribution in [3.8, 4) is 0 Å². The van der Waals surface area contributed by atoms with Crippen molar-refractivity contribution in [1.29, 1.82) is 0 Å². The SMILES string of the molecule is O=C(Nc1ccc(F)c(C(F)(F)F)c1)[C@@H]1CCCN1c1nc2ccccc2o1. The monoisotopic (exact) mass is 393 g/mol. The Balaban J connectivity index is 1.56. The van der Waals surface area contributed by atoms with E-state index in [1.165, 1.54) is 0 Å². The van der Waals surface area contributed by atoms with Crippen LogP contribution in [-0.2, 0) is 11.0 Å². The summed E-state index contributed by atoms with van der Waals surface area (Å²) in [6, 6.07) is 9.17. The first-order valence-corrected chi connectivity index (χ1v) is 8.63. The fourth-order valence-corrected chi connectivity index (χ4v) is 3.30. The van der Waals surface area contributed by atoms with Gasteiger partial charge in [-0.2, -0.15) is 18.2 Å². The number of hydrogen-bond acceptors (Lipinski definition) is 4. The Labute approximate surface area is 157 Å². The van der Waals surface area contributed by atoms with Crippen molar-refractivity contribution < 1.29 is 26.8 Å². The smallest absolute Gasteiger partial charge is 0.419 e. The predicted octanol–water partition coefficient (Wildman–Crippen LogP) is 4.59. The van der Waals surface area contributed by atoms with Gasteiger partial charge in [0.1, 0.15) is 17.4 Å². The molecule has 28 heavy (non-hydrogen) atoms. The summed E-state index contributed by atoms with van der Waals surface area (Å²) < 4.78 is 57.7. The summed E-state index contributed by atoms with van der Waals surface area (Å²) >= 11 is 0. The van der Waals surface area contributed by atoms with Gasteiger partial charge in [-0.3, -0.25) is 4.79 Å². The Hall–Kier alpha value is -3.10. The maximum atomic E-state index is 13.4. The van der Waals surface area contributed by atoms with Gasteiger partial charge >= 0.3 is 6.18 Å². The van der Waals surface area contributed by atoms with Gasteiger partial charge in [0.15, 0.2) is 5.58 Å². The normalized spacial score (nSPS) is 17.3. The first-order valence-electron chi connectivity index (χ1n) is 8.63. The Morgan fingerprint density at radius 3 is 2.75 bits per heavy atom. The third-order valence-corrected chi connectivity index (χ3v) is 4.62. The summed E-state index contributed by atoms with van der Waals surface area (Å²) in [5.41, 5.74) is -0.315. The molecule has 0 saturated carbocycles. The maximum Gasteiger partial charge on any atom is 0.419 e. The number of hydrogen-bond donors (Lipinski definition) is 1. The molecule has 1 amide bonds. The zero-order valence-electron chi connectivity index (χ0n) is 14.5. The maximum absolute atomic E-state index is 13.4. The number of anilines is 2. The van der Waals surface area contributed by atoms with Gasteiger partial charge in [0.05, 0.1) is 5.56 Å². The standard InChI is InChI=1S/C19H15F4N3O2/c20-13-8-7-11(10-12(13)19(21,22)23)24-17(27)15-5-3-9-26(15)18-25-14-4-1-2-6-16(14)28-18/h1-2,4,6-8,10,15H,3,5,9H2,(H,24,27)/t15-/m0/s1. The number of oxazole rings is 1. The second kappa shape index (κ2) is 6.81. The molecule has 0 aliphatic carbocycles. The van der Waals surface area contributed by atoms with E-state index in [0.29, 0.717) is 42.6 Å². The minimum atomic E-state index is -4.84. The second-order valence-corrected chi connectivity index (χ2v) is 6.50. The number of carbonyl (C=O) groups excluding carboxylic acids is 1. The third-order valence-electron chi connectivity index (χ3n) is 4.62.